The smallest absolute Gasteiger partial charge is 0.277 e. The zero-order valence-corrected chi connectivity index (χ0v) is 10.3. The van der Waals surface area contributed by atoms with Gasteiger partial charge in [0.25, 0.3) is 5.69 Å². The van der Waals surface area contributed by atoms with Crippen molar-refractivity contribution in [2.75, 3.05) is 20.6 Å². The molecule has 96 valence electrons. The molecule has 0 unspecified atom stereocenters. The predicted molar refractivity (Wildman–Crippen MR) is 69.2 cm³/mol. The molecule has 18 heavy (non-hydrogen) atoms. The van der Waals surface area contributed by atoms with Gasteiger partial charge in [0, 0.05) is 25.7 Å². The molecule has 2 N–H and O–H groups in total. The average Bonchev–Trinajstić information content (AvgIpc) is 2.34. The molecule has 0 saturated carbocycles. The number of hydrogen-bond acceptors (Lipinski definition) is 5. The lowest BCUT2D eigenvalue weighted by molar-refractivity contribution is -0.385. The van der Waals surface area contributed by atoms with Gasteiger partial charge in [0.05, 0.1) is 17.0 Å². The van der Waals surface area contributed by atoms with E-state index in [-0.39, 0.29) is 23.6 Å². The van der Waals surface area contributed by atoms with Gasteiger partial charge >= 0.3 is 0 Å². The molecule has 6 nitrogen and oxygen atoms in total. The Morgan fingerprint density at radius 3 is 2.67 bits per heavy atom. The third-order valence-electron chi connectivity index (χ3n) is 2.29. The quantitative estimate of drug-likeness (QED) is 0.482. The zero-order valence-electron chi connectivity index (χ0n) is 10.3. The second-order valence-electron chi connectivity index (χ2n) is 3.94. The van der Waals surface area contributed by atoms with Gasteiger partial charge in [-0.15, -0.1) is 0 Å². The summed E-state index contributed by atoms with van der Waals surface area (Å²) in [4.78, 5) is 23.6. The molecule has 0 heterocycles. The Morgan fingerprint density at radius 2 is 2.17 bits per heavy atom. The van der Waals surface area contributed by atoms with Gasteiger partial charge in [-0.2, -0.15) is 0 Å². The molecule has 1 aromatic rings. The van der Waals surface area contributed by atoms with Crippen molar-refractivity contribution >= 4 is 17.5 Å². The molecule has 0 fully saturated rings. The SMILES string of the molecule is CN(C)/C=C/c1ccc(C(=O)CN)cc1[N+](=O)[O-]. The van der Waals surface area contributed by atoms with Gasteiger partial charge in [0.2, 0.25) is 0 Å². The minimum atomic E-state index is -0.511. The molecule has 0 aliphatic heterocycles. The molecule has 6 heteroatoms. The molecule has 0 atom stereocenters. The number of benzene rings is 1. The molecular formula is C12H15N3O3. The van der Waals surface area contributed by atoms with Crippen molar-refractivity contribution in [2.45, 2.75) is 0 Å². The zero-order chi connectivity index (χ0) is 13.7. The van der Waals surface area contributed by atoms with Crippen LogP contribution in [0.1, 0.15) is 15.9 Å². The first-order chi connectivity index (χ1) is 8.45. The lowest BCUT2D eigenvalue weighted by Gasteiger charge is -2.05. The topological polar surface area (TPSA) is 89.5 Å². The van der Waals surface area contributed by atoms with Crippen LogP contribution in [-0.4, -0.2) is 36.2 Å². The van der Waals surface area contributed by atoms with Crippen LogP contribution in [0.4, 0.5) is 5.69 Å². The minimum Gasteiger partial charge on any atom is -0.383 e. The van der Waals surface area contributed by atoms with E-state index < -0.39 is 4.92 Å². The van der Waals surface area contributed by atoms with Crippen molar-refractivity contribution in [1.82, 2.24) is 4.90 Å². The van der Waals surface area contributed by atoms with Crippen LogP contribution in [0, 0.1) is 10.1 Å². The van der Waals surface area contributed by atoms with Crippen LogP contribution >= 0.6 is 0 Å². The number of carbonyl (C=O) groups is 1. The van der Waals surface area contributed by atoms with E-state index >= 15 is 0 Å². The number of ketones is 1. The Balaban J connectivity index is 3.21. The summed E-state index contributed by atoms with van der Waals surface area (Å²) in [7, 11) is 3.63. The van der Waals surface area contributed by atoms with E-state index in [1.54, 1.807) is 23.2 Å². The van der Waals surface area contributed by atoms with Crippen LogP contribution < -0.4 is 5.73 Å². The summed E-state index contributed by atoms with van der Waals surface area (Å²) in [6.07, 6.45) is 3.32. The van der Waals surface area contributed by atoms with Crippen LogP contribution in [0.5, 0.6) is 0 Å². The van der Waals surface area contributed by atoms with Crippen molar-refractivity contribution in [3.8, 4) is 0 Å². The normalized spacial score (nSPS) is 10.6. The van der Waals surface area contributed by atoms with Crippen LogP contribution in [0.2, 0.25) is 0 Å². The minimum absolute atomic E-state index is 0.104. The molecule has 0 aromatic heterocycles. The molecular weight excluding hydrogens is 234 g/mol. The molecule has 0 aliphatic rings. The number of Topliss-reactive ketones (excluding diaryl/α,β-unsaturated/α-hetero) is 1. The van der Waals surface area contributed by atoms with Crippen LogP contribution in [0.25, 0.3) is 6.08 Å². The highest BCUT2D eigenvalue weighted by Crippen LogP contribution is 2.22. The number of carbonyl (C=O) groups excluding carboxylic acids is 1. The van der Waals surface area contributed by atoms with Crippen LogP contribution in [0.3, 0.4) is 0 Å². The molecule has 0 aliphatic carbocycles. The maximum atomic E-state index is 11.4. The summed E-state index contributed by atoms with van der Waals surface area (Å²) in [5.41, 5.74) is 5.82. The number of nitrogens with zero attached hydrogens (tertiary/aromatic N) is 2. The first-order valence-electron chi connectivity index (χ1n) is 5.32. The lowest BCUT2D eigenvalue weighted by Crippen LogP contribution is -2.13. The van der Waals surface area contributed by atoms with E-state index in [2.05, 4.69) is 0 Å². The van der Waals surface area contributed by atoms with Crippen LogP contribution in [-0.2, 0) is 0 Å². The van der Waals surface area contributed by atoms with Gasteiger partial charge in [-0.05, 0) is 18.3 Å². The van der Waals surface area contributed by atoms with E-state index in [9.17, 15) is 14.9 Å². The molecule has 0 bridgehead atoms. The number of hydrogen-bond donors (Lipinski definition) is 1. The Kier molecular flexibility index (Phi) is 4.56. The fourth-order valence-electron chi connectivity index (χ4n) is 1.36. The third kappa shape index (κ3) is 3.39. The van der Waals surface area contributed by atoms with E-state index in [1.807, 2.05) is 14.1 Å². The molecule has 0 saturated heterocycles. The molecule has 1 aromatic carbocycles. The standard InChI is InChI=1S/C12H15N3O3/c1-14(2)6-5-9-3-4-10(12(16)8-13)7-11(9)15(17)18/h3-7H,8,13H2,1-2H3/b6-5+. The van der Waals surface area contributed by atoms with E-state index in [0.29, 0.717) is 5.56 Å². The number of nitro benzene ring substituents is 1. The van der Waals surface area contributed by atoms with Gasteiger partial charge < -0.3 is 10.6 Å². The molecule has 1 rings (SSSR count). The average molecular weight is 249 g/mol. The second-order valence-corrected chi connectivity index (χ2v) is 3.94. The van der Waals surface area contributed by atoms with Crippen molar-refractivity contribution in [1.29, 1.82) is 0 Å². The largest absolute Gasteiger partial charge is 0.383 e. The third-order valence-corrected chi connectivity index (χ3v) is 2.29. The summed E-state index contributed by atoms with van der Waals surface area (Å²) >= 11 is 0. The van der Waals surface area contributed by atoms with Gasteiger partial charge in [-0.25, -0.2) is 0 Å². The second kappa shape index (κ2) is 5.92. The summed E-state index contributed by atoms with van der Waals surface area (Å²) in [6.45, 7) is -0.163. The van der Waals surface area contributed by atoms with Gasteiger partial charge in [0.1, 0.15) is 0 Å². The van der Waals surface area contributed by atoms with E-state index in [1.165, 1.54) is 12.1 Å². The fourth-order valence-corrected chi connectivity index (χ4v) is 1.36. The van der Waals surface area contributed by atoms with Gasteiger partial charge in [-0.1, -0.05) is 6.07 Å². The fraction of sp³-hybridized carbons (Fsp3) is 0.250. The maximum absolute atomic E-state index is 11.4. The Labute approximate surface area is 105 Å². The van der Waals surface area contributed by atoms with Crippen molar-refractivity contribution in [2.24, 2.45) is 5.73 Å². The van der Waals surface area contributed by atoms with Gasteiger partial charge in [0.15, 0.2) is 5.78 Å². The van der Waals surface area contributed by atoms with Crippen molar-refractivity contribution in [3.05, 3.63) is 45.6 Å². The summed E-state index contributed by atoms with van der Waals surface area (Å²) in [6, 6.07) is 4.34. The Hall–Kier alpha value is -2.21. The number of rotatable bonds is 5. The summed E-state index contributed by atoms with van der Waals surface area (Å²) in [5, 5.41) is 10.9. The maximum Gasteiger partial charge on any atom is 0.277 e. The highest BCUT2D eigenvalue weighted by molar-refractivity contribution is 5.98. The van der Waals surface area contributed by atoms with Gasteiger partial charge in [-0.3, -0.25) is 14.9 Å². The van der Waals surface area contributed by atoms with E-state index in [4.69, 9.17) is 5.73 Å². The molecule has 0 amide bonds. The van der Waals surface area contributed by atoms with Crippen molar-refractivity contribution in [3.63, 3.8) is 0 Å². The first kappa shape index (κ1) is 13.9. The first-order valence-corrected chi connectivity index (χ1v) is 5.32. The summed E-state index contributed by atoms with van der Waals surface area (Å²) < 4.78 is 0. The summed E-state index contributed by atoms with van der Waals surface area (Å²) in [5.74, 6) is -0.318. The highest BCUT2D eigenvalue weighted by atomic mass is 16.6. The number of nitrogens with two attached hydrogens (primary N) is 1. The Bertz CT molecular complexity index is 495. The Morgan fingerprint density at radius 1 is 1.50 bits per heavy atom. The van der Waals surface area contributed by atoms with Crippen molar-refractivity contribution < 1.29 is 9.72 Å². The lowest BCUT2D eigenvalue weighted by atomic mass is 10.1. The molecule has 0 radical (unpaired) electrons. The number of nitro groups is 1. The molecule has 0 spiro atoms. The highest BCUT2D eigenvalue weighted by Gasteiger charge is 2.15. The monoisotopic (exact) mass is 249 g/mol. The van der Waals surface area contributed by atoms with E-state index in [0.717, 1.165) is 0 Å². The van der Waals surface area contributed by atoms with Crippen LogP contribution in [0.15, 0.2) is 24.4 Å². The predicted octanol–water partition coefficient (Wildman–Crippen LogP) is 1.27.